The lowest BCUT2D eigenvalue weighted by Gasteiger charge is -2.42. The molecule has 0 bridgehead atoms. The predicted molar refractivity (Wildman–Crippen MR) is 43.1 cm³/mol. The van der Waals surface area contributed by atoms with Crippen LogP contribution in [-0.4, -0.2) is 13.1 Å². The highest BCUT2D eigenvalue weighted by Crippen LogP contribution is 2.47. The van der Waals surface area contributed by atoms with Crippen LogP contribution < -0.4 is 0 Å². The minimum atomic E-state index is -0.130. The van der Waals surface area contributed by atoms with E-state index < -0.39 is 0 Å². The van der Waals surface area contributed by atoms with E-state index in [0.29, 0.717) is 5.92 Å². The van der Waals surface area contributed by atoms with Crippen molar-refractivity contribution in [3.05, 3.63) is 0 Å². The maximum Gasteiger partial charge on any atom is 0.312 e. The zero-order valence-corrected chi connectivity index (χ0v) is 7.52. The average Bonchev–Trinajstić information content (AvgIpc) is 1.84. The second-order valence-electron chi connectivity index (χ2n) is 3.66. The smallest absolute Gasteiger partial charge is 0.312 e. The zero-order valence-electron chi connectivity index (χ0n) is 7.52. The Labute approximate surface area is 67.9 Å². The van der Waals surface area contributed by atoms with Crippen LogP contribution in [0.3, 0.4) is 0 Å². The number of carbonyl (C=O) groups is 1. The number of hydrogen-bond donors (Lipinski definition) is 0. The molecular weight excluding hydrogens is 140 g/mol. The first-order valence-corrected chi connectivity index (χ1v) is 4.22. The van der Waals surface area contributed by atoms with Crippen LogP contribution in [0.15, 0.2) is 0 Å². The van der Waals surface area contributed by atoms with Gasteiger partial charge in [-0.05, 0) is 18.8 Å². The van der Waals surface area contributed by atoms with E-state index in [4.69, 9.17) is 4.74 Å². The lowest BCUT2D eigenvalue weighted by molar-refractivity contribution is -0.162. The van der Waals surface area contributed by atoms with Gasteiger partial charge in [-0.2, -0.15) is 0 Å². The van der Waals surface area contributed by atoms with Gasteiger partial charge in [0.05, 0.1) is 12.5 Å². The van der Waals surface area contributed by atoms with Crippen molar-refractivity contribution in [3.63, 3.8) is 0 Å². The summed E-state index contributed by atoms with van der Waals surface area (Å²) in [7, 11) is 1.48. The highest BCUT2D eigenvalue weighted by atomic mass is 16.5. The third-order valence-corrected chi connectivity index (χ3v) is 2.94. The van der Waals surface area contributed by atoms with Gasteiger partial charge >= 0.3 is 5.97 Å². The Balaban J connectivity index is 2.67. The molecule has 1 aliphatic rings. The fourth-order valence-corrected chi connectivity index (χ4v) is 1.78. The molecule has 0 saturated heterocycles. The molecule has 0 radical (unpaired) electrons. The monoisotopic (exact) mass is 156 g/mol. The zero-order chi connectivity index (χ0) is 8.48. The molecule has 1 rings (SSSR count). The molecular formula is C9H16O2. The molecule has 2 heteroatoms. The van der Waals surface area contributed by atoms with E-state index in [1.807, 2.05) is 0 Å². The number of carbonyl (C=O) groups excluding carboxylic acids is 1. The Morgan fingerprint density at radius 1 is 1.45 bits per heavy atom. The second kappa shape index (κ2) is 2.84. The fraction of sp³-hybridized carbons (Fsp3) is 0.889. The number of esters is 1. The summed E-state index contributed by atoms with van der Waals surface area (Å²) >= 11 is 0. The van der Waals surface area contributed by atoms with E-state index in [9.17, 15) is 4.79 Å². The molecule has 0 aromatic heterocycles. The van der Waals surface area contributed by atoms with Crippen molar-refractivity contribution in [1.29, 1.82) is 0 Å². The van der Waals surface area contributed by atoms with Gasteiger partial charge in [0.15, 0.2) is 0 Å². The summed E-state index contributed by atoms with van der Waals surface area (Å²) in [6.45, 7) is 4.19. The minimum absolute atomic E-state index is 0.0150. The number of hydrogen-bond acceptors (Lipinski definition) is 2. The van der Waals surface area contributed by atoms with Gasteiger partial charge < -0.3 is 4.74 Å². The average molecular weight is 156 g/mol. The third kappa shape index (κ3) is 1.15. The van der Waals surface area contributed by atoms with Crippen LogP contribution in [0.25, 0.3) is 0 Å². The molecule has 0 aromatic carbocycles. The van der Waals surface area contributed by atoms with Crippen LogP contribution >= 0.6 is 0 Å². The standard InChI is InChI=1S/C9H16O2/c1-7(2)9(5-4-6-9)8(10)11-3/h7H,4-6H2,1-3H3. The molecule has 0 amide bonds. The lowest BCUT2D eigenvalue weighted by atomic mass is 9.62. The molecule has 0 heterocycles. The van der Waals surface area contributed by atoms with Crippen LogP contribution in [0.4, 0.5) is 0 Å². The number of methoxy groups -OCH3 is 1. The van der Waals surface area contributed by atoms with Crippen molar-refractivity contribution in [2.75, 3.05) is 7.11 Å². The number of ether oxygens (including phenoxy) is 1. The summed E-state index contributed by atoms with van der Waals surface area (Å²) in [5, 5.41) is 0. The summed E-state index contributed by atoms with van der Waals surface area (Å²) in [6.07, 6.45) is 3.20. The Hall–Kier alpha value is -0.530. The van der Waals surface area contributed by atoms with E-state index in [1.54, 1.807) is 0 Å². The molecule has 1 fully saturated rings. The molecule has 1 aliphatic carbocycles. The summed E-state index contributed by atoms with van der Waals surface area (Å²) < 4.78 is 4.78. The molecule has 2 nitrogen and oxygen atoms in total. The Bertz CT molecular complexity index is 157. The van der Waals surface area contributed by atoms with Crippen molar-refractivity contribution in [2.24, 2.45) is 11.3 Å². The van der Waals surface area contributed by atoms with Gasteiger partial charge in [0.2, 0.25) is 0 Å². The highest BCUT2D eigenvalue weighted by molar-refractivity contribution is 5.78. The van der Waals surface area contributed by atoms with Crippen molar-refractivity contribution in [3.8, 4) is 0 Å². The molecule has 64 valence electrons. The molecule has 0 unspecified atom stereocenters. The quantitative estimate of drug-likeness (QED) is 0.571. The molecule has 1 saturated carbocycles. The normalized spacial score (nSPS) is 21.1. The van der Waals surface area contributed by atoms with Gasteiger partial charge in [-0.15, -0.1) is 0 Å². The maximum absolute atomic E-state index is 11.3. The second-order valence-corrected chi connectivity index (χ2v) is 3.66. The van der Waals surface area contributed by atoms with Crippen molar-refractivity contribution < 1.29 is 9.53 Å². The van der Waals surface area contributed by atoms with Crippen LogP contribution in [0.5, 0.6) is 0 Å². The van der Waals surface area contributed by atoms with E-state index in [1.165, 1.54) is 13.5 Å². The Morgan fingerprint density at radius 3 is 2.09 bits per heavy atom. The molecule has 0 aromatic rings. The minimum Gasteiger partial charge on any atom is -0.469 e. The van der Waals surface area contributed by atoms with Crippen LogP contribution in [0, 0.1) is 11.3 Å². The first kappa shape index (κ1) is 8.57. The van der Waals surface area contributed by atoms with Crippen molar-refractivity contribution in [2.45, 2.75) is 33.1 Å². The van der Waals surface area contributed by atoms with Crippen LogP contribution in [0.1, 0.15) is 33.1 Å². The van der Waals surface area contributed by atoms with Gasteiger partial charge in [0.1, 0.15) is 0 Å². The SMILES string of the molecule is COC(=O)C1(C(C)C)CCC1. The molecule has 11 heavy (non-hydrogen) atoms. The summed E-state index contributed by atoms with van der Waals surface area (Å²) in [4.78, 5) is 11.3. The van der Waals surface area contributed by atoms with Gasteiger partial charge in [0.25, 0.3) is 0 Å². The lowest BCUT2D eigenvalue weighted by Crippen LogP contribution is -2.43. The van der Waals surface area contributed by atoms with Gasteiger partial charge in [-0.1, -0.05) is 20.3 Å². The first-order chi connectivity index (χ1) is 5.13. The summed E-state index contributed by atoms with van der Waals surface area (Å²) in [5.74, 6) is 0.405. The van der Waals surface area contributed by atoms with E-state index >= 15 is 0 Å². The predicted octanol–water partition coefficient (Wildman–Crippen LogP) is 1.99. The fourth-order valence-electron chi connectivity index (χ4n) is 1.78. The maximum atomic E-state index is 11.3. The topological polar surface area (TPSA) is 26.3 Å². The van der Waals surface area contributed by atoms with E-state index in [0.717, 1.165) is 12.8 Å². The van der Waals surface area contributed by atoms with Crippen LogP contribution in [-0.2, 0) is 9.53 Å². The third-order valence-electron chi connectivity index (χ3n) is 2.94. The van der Waals surface area contributed by atoms with Gasteiger partial charge in [-0.3, -0.25) is 4.79 Å². The molecule has 0 aliphatic heterocycles. The largest absolute Gasteiger partial charge is 0.469 e. The first-order valence-electron chi connectivity index (χ1n) is 4.22. The van der Waals surface area contributed by atoms with Gasteiger partial charge in [-0.25, -0.2) is 0 Å². The molecule has 0 atom stereocenters. The summed E-state index contributed by atoms with van der Waals surface area (Å²) in [5.41, 5.74) is -0.130. The van der Waals surface area contributed by atoms with Crippen molar-refractivity contribution in [1.82, 2.24) is 0 Å². The molecule has 0 N–H and O–H groups in total. The Kier molecular flexibility index (Phi) is 2.21. The highest BCUT2D eigenvalue weighted by Gasteiger charge is 2.47. The Morgan fingerprint density at radius 2 is 2.00 bits per heavy atom. The van der Waals surface area contributed by atoms with Gasteiger partial charge in [0, 0.05) is 0 Å². The summed E-state index contributed by atoms with van der Waals surface area (Å²) in [6, 6.07) is 0. The number of rotatable bonds is 2. The van der Waals surface area contributed by atoms with E-state index in [-0.39, 0.29) is 11.4 Å². The van der Waals surface area contributed by atoms with Crippen molar-refractivity contribution >= 4 is 5.97 Å². The van der Waals surface area contributed by atoms with Crippen LogP contribution in [0.2, 0.25) is 0 Å². The van der Waals surface area contributed by atoms with E-state index in [2.05, 4.69) is 13.8 Å². The molecule has 0 spiro atoms.